The van der Waals surface area contributed by atoms with Crippen LogP contribution in [0.1, 0.15) is 16.0 Å². The summed E-state index contributed by atoms with van der Waals surface area (Å²) in [6.07, 6.45) is 0.997. The van der Waals surface area contributed by atoms with E-state index in [2.05, 4.69) is 35.7 Å². The maximum absolute atomic E-state index is 5.66. The molecule has 0 amide bonds. The van der Waals surface area contributed by atoms with Crippen molar-refractivity contribution in [2.45, 2.75) is 13.0 Å². The van der Waals surface area contributed by atoms with Crippen molar-refractivity contribution in [3.8, 4) is 0 Å². The molecule has 0 saturated heterocycles. The average molecular weight is 203 g/mol. The van der Waals surface area contributed by atoms with Gasteiger partial charge in [-0.05, 0) is 29.0 Å². The van der Waals surface area contributed by atoms with Gasteiger partial charge in [0.1, 0.15) is 0 Å². The van der Waals surface area contributed by atoms with Gasteiger partial charge in [-0.2, -0.15) is 0 Å². The van der Waals surface area contributed by atoms with Crippen LogP contribution >= 0.6 is 11.3 Å². The maximum Gasteiger partial charge on any atom is 0.0276 e. The fraction of sp³-hybridized carbons (Fsp3) is 0.167. The molecule has 2 N–H and O–H groups in total. The van der Waals surface area contributed by atoms with Crippen molar-refractivity contribution in [1.82, 2.24) is 0 Å². The van der Waals surface area contributed by atoms with E-state index in [4.69, 9.17) is 5.73 Å². The molecule has 1 aromatic heterocycles. The molecular formula is C12H13NS. The van der Waals surface area contributed by atoms with Gasteiger partial charge in [-0.1, -0.05) is 30.3 Å². The second-order valence-corrected chi connectivity index (χ2v) is 4.24. The summed E-state index contributed by atoms with van der Waals surface area (Å²) in [4.78, 5) is 1.30. The van der Waals surface area contributed by atoms with Gasteiger partial charge in [-0.3, -0.25) is 0 Å². The van der Waals surface area contributed by atoms with E-state index in [-0.39, 0.29) is 0 Å². The fourth-order valence-corrected chi connectivity index (χ4v) is 2.30. The molecule has 2 heteroatoms. The highest BCUT2D eigenvalue weighted by Gasteiger charge is 2.02. The highest BCUT2D eigenvalue weighted by Crippen LogP contribution is 2.19. The number of hydrogen-bond donors (Lipinski definition) is 1. The molecular weight excluding hydrogens is 190 g/mol. The van der Waals surface area contributed by atoms with Crippen LogP contribution in [0.5, 0.6) is 0 Å². The lowest BCUT2D eigenvalue weighted by molar-refractivity contribution is 1.06. The SMILES string of the molecule is NCc1sccc1Cc1ccccc1. The first-order valence-electron chi connectivity index (χ1n) is 4.69. The van der Waals surface area contributed by atoms with Gasteiger partial charge in [0.05, 0.1) is 0 Å². The average Bonchev–Trinajstić information content (AvgIpc) is 2.67. The third-order valence-corrected chi connectivity index (χ3v) is 3.25. The Morgan fingerprint density at radius 3 is 2.57 bits per heavy atom. The van der Waals surface area contributed by atoms with E-state index in [1.54, 1.807) is 11.3 Å². The van der Waals surface area contributed by atoms with Crippen LogP contribution in [0, 0.1) is 0 Å². The van der Waals surface area contributed by atoms with Crippen molar-refractivity contribution >= 4 is 11.3 Å². The van der Waals surface area contributed by atoms with Crippen LogP contribution in [0.4, 0.5) is 0 Å². The predicted octanol–water partition coefficient (Wildman–Crippen LogP) is 2.80. The predicted molar refractivity (Wildman–Crippen MR) is 61.5 cm³/mol. The van der Waals surface area contributed by atoms with Crippen molar-refractivity contribution in [2.24, 2.45) is 5.73 Å². The van der Waals surface area contributed by atoms with E-state index in [1.807, 2.05) is 6.07 Å². The van der Waals surface area contributed by atoms with E-state index in [0.29, 0.717) is 6.54 Å². The van der Waals surface area contributed by atoms with Gasteiger partial charge in [-0.25, -0.2) is 0 Å². The van der Waals surface area contributed by atoms with E-state index in [0.717, 1.165) is 6.42 Å². The lowest BCUT2D eigenvalue weighted by atomic mass is 10.1. The molecule has 0 saturated carbocycles. The highest BCUT2D eigenvalue weighted by molar-refractivity contribution is 7.10. The quantitative estimate of drug-likeness (QED) is 0.815. The summed E-state index contributed by atoms with van der Waals surface area (Å²) in [7, 11) is 0. The van der Waals surface area contributed by atoms with Crippen LogP contribution in [0.25, 0.3) is 0 Å². The van der Waals surface area contributed by atoms with Crippen molar-refractivity contribution in [3.63, 3.8) is 0 Å². The van der Waals surface area contributed by atoms with Gasteiger partial charge in [0.15, 0.2) is 0 Å². The minimum Gasteiger partial charge on any atom is -0.326 e. The molecule has 1 aromatic carbocycles. The van der Waals surface area contributed by atoms with E-state index in [1.165, 1.54) is 16.0 Å². The minimum atomic E-state index is 0.653. The minimum absolute atomic E-state index is 0.653. The van der Waals surface area contributed by atoms with Crippen LogP contribution in [0.15, 0.2) is 41.8 Å². The molecule has 2 aromatic rings. The van der Waals surface area contributed by atoms with Crippen molar-refractivity contribution in [3.05, 3.63) is 57.8 Å². The molecule has 0 aliphatic heterocycles. The Balaban J connectivity index is 2.19. The summed E-state index contributed by atoms with van der Waals surface area (Å²) < 4.78 is 0. The number of benzene rings is 1. The summed E-state index contributed by atoms with van der Waals surface area (Å²) >= 11 is 1.74. The van der Waals surface area contributed by atoms with E-state index >= 15 is 0 Å². The second kappa shape index (κ2) is 4.40. The largest absolute Gasteiger partial charge is 0.326 e. The maximum atomic E-state index is 5.66. The molecule has 1 nitrogen and oxygen atoms in total. The van der Waals surface area contributed by atoms with Gasteiger partial charge in [-0.15, -0.1) is 11.3 Å². The zero-order valence-corrected chi connectivity index (χ0v) is 8.76. The van der Waals surface area contributed by atoms with Crippen LogP contribution in [0.3, 0.4) is 0 Å². The van der Waals surface area contributed by atoms with Gasteiger partial charge < -0.3 is 5.73 Å². The van der Waals surface area contributed by atoms with Crippen LogP contribution < -0.4 is 5.73 Å². The van der Waals surface area contributed by atoms with Gasteiger partial charge in [0.2, 0.25) is 0 Å². The number of thiophene rings is 1. The van der Waals surface area contributed by atoms with Crippen molar-refractivity contribution < 1.29 is 0 Å². The summed E-state index contributed by atoms with van der Waals surface area (Å²) in [5.74, 6) is 0. The van der Waals surface area contributed by atoms with Gasteiger partial charge in [0.25, 0.3) is 0 Å². The summed E-state index contributed by atoms with van der Waals surface area (Å²) in [5, 5.41) is 2.11. The molecule has 0 atom stereocenters. The molecule has 14 heavy (non-hydrogen) atoms. The Kier molecular flexibility index (Phi) is 2.96. The summed E-state index contributed by atoms with van der Waals surface area (Å²) in [6, 6.07) is 12.7. The lowest BCUT2D eigenvalue weighted by Gasteiger charge is -2.01. The third-order valence-electron chi connectivity index (χ3n) is 2.26. The molecule has 0 bridgehead atoms. The summed E-state index contributed by atoms with van der Waals surface area (Å²) in [5.41, 5.74) is 8.37. The molecule has 0 aliphatic rings. The molecule has 2 rings (SSSR count). The van der Waals surface area contributed by atoms with Gasteiger partial charge in [0, 0.05) is 11.4 Å². The Hall–Kier alpha value is -1.12. The smallest absolute Gasteiger partial charge is 0.0276 e. The Morgan fingerprint density at radius 1 is 1.07 bits per heavy atom. The van der Waals surface area contributed by atoms with E-state index < -0.39 is 0 Å². The standard InChI is InChI=1S/C12H13NS/c13-9-12-11(6-7-14-12)8-10-4-2-1-3-5-10/h1-7H,8-9,13H2. The highest BCUT2D eigenvalue weighted by atomic mass is 32.1. The second-order valence-electron chi connectivity index (χ2n) is 3.24. The molecule has 0 spiro atoms. The third kappa shape index (κ3) is 2.03. The van der Waals surface area contributed by atoms with Crippen molar-refractivity contribution in [2.75, 3.05) is 0 Å². The number of nitrogens with two attached hydrogens (primary N) is 1. The zero-order valence-electron chi connectivity index (χ0n) is 7.94. The van der Waals surface area contributed by atoms with Crippen LogP contribution in [-0.2, 0) is 13.0 Å². The normalized spacial score (nSPS) is 10.4. The van der Waals surface area contributed by atoms with Crippen LogP contribution in [-0.4, -0.2) is 0 Å². The fourth-order valence-electron chi connectivity index (χ4n) is 1.52. The molecule has 0 radical (unpaired) electrons. The van der Waals surface area contributed by atoms with Gasteiger partial charge >= 0.3 is 0 Å². The Labute approximate surface area is 88.2 Å². The molecule has 1 heterocycles. The molecule has 0 fully saturated rings. The molecule has 0 unspecified atom stereocenters. The van der Waals surface area contributed by atoms with E-state index in [9.17, 15) is 0 Å². The Bertz CT molecular complexity index is 392. The molecule has 0 aliphatic carbocycles. The summed E-state index contributed by atoms with van der Waals surface area (Å²) in [6.45, 7) is 0.653. The first kappa shape index (κ1) is 9.44. The van der Waals surface area contributed by atoms with Crippen LogP contribution in [0.2, 0.25) is 0 Å². The number of rotatable bonds is 3. The monoisotopic (exact) mass is 203 g/mol. The molecule has 72 valence electrons. The lowest BCUT2D eigenvalue weighted by Crippen LogP contribution is -1.97. The first-order valence-corrected chi connectivity index (χ1v) is 5.57. The first-order chi connectivity index (χ1) is 6.90. The Morgan fingerprint density at radius 2 is 1.86 bits per heavy atom. The number of hydrogen-bond acceptors (Lipinski definition) is 2. The van der Waals surface area contributed by atoms with Crippen molar-refractivity contribution in [1.29, 1.82) is 0 Å². The topological polar surface area (TPSA) is 26.0 Å². The zero-order chi connectivity index (χ0) is 9.80.